The molecule has 10 heteroatoms. The number of pyridine rings is 1. The Bertz CT molecular complexity index is 885. The summed E-state index contributed by atoms with van der Waals surface area (Å²) in [6, 6.07) is 4.50. The molecule has 2 aromatic rings. The fourth-order valence-electron chi connectivity index (χ4n) is 2.96. The van der Waals surface area contributed by atoms with Crippen molar-refractivity contribution in [3.05, 3.63) is 47.0 Å². The van der Waals surface area contributed by atoms with Gasteiger partial charge in [-0.1, -0.05) is 11.8 Å². The molecule has 0 radical (unpaired) electrons. The number of carbonyl (C=O) groups is 1. The second-order valence-corrected chi connectivity index (χ2v) is 7.37. The molecule has 27 heavy (non-hydrogen) atoms. The summed E-state index contributed by atoms with van der Waals surface area (Å²) >= 11 is 1.35. The van der Waals surface area contributed by atoms with Crippen molar-refractivity contribution >= 4 is 22.7 Å². The molecule has 0 unspecified atom stereocenters. The average Bonchev–Trinajstić information content (AvgIpc) is 3.04. The van der Waals surface area contributed by atoms with Gasteiger partial charge < -0.3 is 5.73 Å². The van der Waals surface area contributed by atoms with Gasteiger partial charge in [0.05, 0.1) is 11.4 Å². The minimum atomic E-state index is -2.91. The molecule has 0 spiro atoms. The first kappa shape index (κ1) is 19.4. The number of halogens is 3. The molecule has 1 aliphatic rings. The first-order valence-electron chi connectivity index (χ1n) is 8.21. The molecule has 0 bridgehead atoms. The number of hydrogen-bond donors (Lipinski definition) is 1. The highest BCUT2D eigenvalue weighted by molar-refractivity contribution is 8.13. The van der Waals surface area contributed by atoms with Gasteiger partial charge >= 0.3 is 6.55 Å². The molecule has 1 aliphatic heterocycles. The lowest BCUT2D eigenvalue weighted by atomic mass is 9.92. The van der Waals surface area contributed by atoms with Gasteiger partial charge in [0.2, 0.25) is 0 Å². The number of carbonyl (C=O) groups excluding carboxylic acids is 1. The first-order valence-corrected chi connectivity index (χ1v) is 9.20. The molecule has 1 atom stereocenters. The van der Waals surface area contributed by atoms with E-state index >= 15 is 0 Å². The Morgan fingerprint density at radius 3 is 2.89 bits per heavy atom. The largest absolute Gasteiger partial charge is 0.379 e. The van der Waals surface area contributed by atoms with Crippen molar-refractivity contribution in [1.82, 2.24) is 14.8 Å². The van der Waals surface area contributed by atoms with Gasteiger partial charge in [-0.2, -0.15) is 13.9 Å². The summed E-state index contributed by atoms with van der Waals surface area (Å²) in [6.45, 7) is -2.14. The Labute approximate surface area is 158 Å². The number of amidine groups is 1. The molecule has 3 rings (SSSR count). The quantitative estimate of drug-likeness (QED) is 0.758. The summed E-state index contributed by atoms with van der Waals surface area (Å²) < 4.78 is 40.3. The van der Waals surface area contributed by atoms with Gasteiger partial charge in [0.15, 0.2) is 11.0 Å². The molecular formula is C17H18F3N5OS. The molecule has 0 saturated carbocycles. The topological polar surface area (TPSA) is 86.2 Å². The summed E-state index contributed by atoms with van der Waals surface area (Å²) in [5.74, 6) is 0.0984. The summed E-state index contributed by atoms with van der Waals surface area (Å²) in [7, 11) is 0. The fourth-order valence-corrected chi connectivity index (χ4v) is 3.85. The van der Waals surface area contributed by atoms with E-state index in [-0.39, 0.29) is 12.1 Å². The van der Waals surface area contributed by atoms with Crippen molar-refractivity contribution in [3.63, 3.8) is 0 Å². The van der Waals surface area contributed by atoms with Crippen LogP contribution in [0.25, 0.3) is 0 Å². The van der Waals surface area contributed by atoms with Gasteiger partial charge in [-0.15, -0.1) is 0 Å². The Kier molecular flexibility index (Phi) is 5.54. The van der Waals surface area contributed by atoms with E-state index in [1.165, 1.54) is 30.9 Å². The van der Waals surface area contributed by atoms with Crippen LogP contribution in [0.2, 0.25) is 0 Å². The minimum Gasteiger partial charge on any atom is -0.379 e. The third-order valence-corrected chi connectivity index (χ3v) is 5.10. The van der Waals surface area contributed by atoms with E-state index in [0.717, 1.165) is 0 Å². The smallest absolute Gasteiger partial charge is 0.333 e. The minimum absolute atomic E-state index is 0.135. The lowest BCUT2D eigenvalue weighted by Gasteiger charge is -2.30. The number of aliphatic imine (C=N–C) groups is 1. The lowest BCUT2D eigenvalue weighted by Crippen LogP contribution is -2.34. The number of hydrogen-bond acceptors (Lipinski definition) is 6. The highest BCUT2D eigenvalue weighted by atomic mass is 32.2. The van der Waals surface area contributed by atoms with Crippen molar-refractivity contribution < 1.29 is 18.0 Å². The zero-order valence-corrected chi connectivity index (χ0v) is 15.3. The molecule has 0 aromatic carbocycles. The van der Waals surface area contributed by atoms with Crippen LogP contribution in [0.3, 0.4) is 0 Å². The molecule has 0 amide bonds. The van der Waals surface area contributed by atoms with Gasteiger partial charge in [-0.25, -0.2) is 14.1 Å². The number of Topliss-reactive ketones (excluding diaryl/α,β-unsaturated/α-hetero) is 1. The second kappa shape index (κ2) is 7.71. The normalized spacial score (nSPS) is 20.0. The Morgan fingerprint density at radius 1 is 1.44 bits per heavy atom. The van der Waals surface area contributed by atoms with E-state index in [2.05, 4.69) is 15.1 Å². The molecule has 3 heterocycles. The van der Waals surface area contributed by atoms with Gasteiger partial charge in [0.25, 0.3) is 0 Å². The number of ketones is 1. The maximum atomic E-state index is 13.8. The lowest BCUT2D eigenvalue weighted by molar-refractivity contribution is 0.0513. The van der Waals surface area contributed by atoms with Gasteiger partial charge in [0.1, 0.15) is 17.9 Å². The van der Waals surface area contributed by atoms with Crippen molar-refractivity contribution in [2.24, 2.45) is 10.7 Å². The average molecular weight is 397 g/mol. The number of thioether (sulfide) groups is 1. The maximum absolute atomic E-state index is 13.8. The Balaban J connectivity index is 1.88. The highest BCUT2D eigenvalue weighted by Gasteiger charge is 2.36. The number of alkyl halides is 3. The van der Waals surface area contributed by atoms with Crippen LogP contribution in [0, 0.1) is 6.92 Å². The van der Waals surface area contributed by atoms with E-state index in [1.54, 1.807) is 12.1 Å². The van der Waals surface area contributed by atoms with Crippen LogP contribution in [0.1, 0.15) is 40.4 Å². The highest BCUT2D eigenvalue weighted by Crippen LogP contribution is 2.35. The standard InChI is InChI=1S/C17H18F3N5OS/c1-10-6-12(25(24-10)15(19)20)13(26)7-11-2-4-22-14(8-11)17(9-18)3-5-27-16(21)23-17/h2,4,6,8,15H,3,5,7,9H2,1H3,(H2,21,23)/t17-/m1/s1. The Hall–Kier alpha value is -2.36. The van der Waals surface area contributed by atoms with Gasteiger partial charge in [0, 0.05) is 18.4 Å². The van der Waals surface area contributed by atoms with Crippen LogP contribution in [0.4, 0.5) is 13.2 Å². The summed E-state index contributed by atoms with van der Waals surface area (Å²) in [4.78, 5) is 21.0. The predicted octanol–water partition coefficient (Wildman–Crippen LogP) is 3.02. The third-order valence-electron chi connectivity index (χ3n) is 4.31. The molecule has 6 nitrogen and oxygen atoms in total. The monoisotopic (exact) mass is 397 g/mol. The van der Waals surface area contributed by atoms with Crippen LogP contribution >= 0.6 is 11.8 Å². The molecule has 0 fully saturated rings. The van der Waals surface area contributed by atoms with Crippen LogP contribution < -0.4 is 5.73 Å². The van der Waals surface area contributed by atoms with E-state index in [4.69, 9.17) is 5.73 Å². The second-order valence-electron chi connectivity index (χ2n) is 6.26. The molecule has 0 aliphatic carbocycles. The number of aromatic nitrogens is 3. The Morgan fingerprint density at radius 2 is 2.22 bits per heavy atom. The molecule has 2 N–H and O–H groups in total. The number of nitrogens with zero attached hydrogens (tertiary/aromatic N) is 4. The van der Waals surface area contributed by atoms with Crippen molar-refractivity contribution in [2.45, 2.75) is 31.9 Å². The van der Waals surface area contributed by atoms with E-state index in [1.807, 2.05) is 0 Å². The van der Waals surface area contributed by atoms with E-state index in [9.17, 15) is 18.0 Å². The SMILES string of the molecule is Cc1cc(C(=O)Cc2ccnc([C@]3(CF)CCSC(N)=N3)c2)n(C(F)F)n1. The fraction of sp³-hybridized carbons (Fsp3) is 0.412. The van der Waals surface area contributed by atoms with Crippen LogP contribution in [-0.2, 0) is 12.0 Å². The van der Waals surface area contributed by atoms with E-state index in [0.29, 0.717) is 39.0 Å². The number of nitrogens with two attached hydrogens (primary N) is 1. The zero-order chi connectivity index (χ0) is 19.6. The molecular weight excluding hydrogens is 379 g/mol. The number of rotatable bonds is 6. The number of aryl methyl sites for hydroxylation is 1. The molecule has 144 valence electrons. The zero-order valence-electron chi connectivity index (χ0n) is 14.5. The maximum Gasteiger partial charge on any atom is 0.333 e. The third kappa shape index (κ3) is 4.00. The predicted molar refractivity (Wildman–Crippen MR) is 96.8 cm³/mol. The van der Waals surface area contributed by atoms with Crippen molar-refractivity contribution in [1.29, 1.82) is 0 Å². The summed E-state index contributed by atoms with van der Waals surface area (Å²) in [5.41, 5.74) is 5.64. The van der Waals surface area contributed by atoms with Crippen molar-refractivity contribution in [2.75, 3.05) is 12.4 Å². The summed E-state index contributed by atoms with van der Waals surface area (Å²) in [6.07, 6.45) is 1.75. The van der Waals surface area contributed by atoms with Crippen molar-refractivity contribution in [3.8, 4) is 0 Å². The van der Waals surface area contributed by atoms with Gasteiger partial charge in [-0.05, 0) is 37.1 Å². The molecule has 0 saturated heterocycles. The van der Waals surface area contributed by atoms with Crippen LogP contribution in [0.5, 0.6) is 0 Å². The summed E-state index contributed by atoms with van der Waals surface area (Å²) in [5, 5.41) is 3.94. The first-order chi connectivity index (χ1) is 12.8. The van der Waals surface area contributed by atoms with E-state index < -0.39 is 24.5 Å². The van der Waals surface area contributed by atoms with Crippen LogP contribution in [-0.4, -0.2) is 38.1 Å². The van der Waals surface area contributed by atoms with Gasteiger partial charge in [-0.3, -0.25) is 9.78 Å². The van der Waals surface area contributed by atoms with Crippen LogP contribution in [0.15, 0.2) is 29.4 Å². The molecule has 2 aromatic heterocycles.